The van der Waals surface area contributed by atoms with E-state index in [2.05, 4.69) is 9.68 Å². The Kier molecular flexibility index (Phi) is 12.2. The third-order valence-corrected chi connectivity index (χ3v) is 11.0. The van der Waals surface area contributed by atoms with Crippen molar-refractivity contribution in [1.82, 2.24) is 0 Å². The van der Waals surface area contributed by atoms with Crippen molar-refractivity contribution in [3.63, 3.8) is 0 Å². The van der Waals surface area contributed by atoms with Gasteiger partial charge in [-0.15, -0.1) is 20.2 Å². The quantitative estimate of drug-likeness (QED) is 0.0921. The van der Waals surface area contributed by atoms with E-state index in [0.717, 1.165) is 12.2 Å². The number of Topliss-reactive ketones (excluding diaryl/α,β-unsaturated/α-hetero) is 1. The van der Waals surface area contributed by atoms with Gasteiger partial charge in [-0.1, -0.05) is 19.9 Å². The summed E-state index contributed by atoms with van der Waals surface area (Å²) in [5.41, 5.74) is -7.88. The number of fused-ring (bicyclic) bond motifs is 5. The van der Waals surface area contributed by atoms with Gasteiger partial charge in [0.2, 0.25) is 5.78 Å². The number of esters is 2. The zero-order valence-electron chi connectivity index (χ0n) is 28.4. The minimum atomic E-state index is -2.47. The van der Waals surface area contributed by atoms with Gasteiger partial charge in [0.15, 0.2) is 23.7 Å². The molecule has 0 aromatic heterocycles. The molecule has 0 aliphatic heterocycles. The molecule has 4 aliphatic rings. The summed E-state index contributed by atoms with van der Waals surface area (Å²) in [4.78, 5) is 81.2. The van der Waals surface area contributed by atoms with Crippen molar-refractivity contribution in [3.8, 4) is 0 Å². The first-order chi connectivity index (χ1) is 23.9. The van der Waals surface area contributed by atoms with Gasteiger partial charge in [0.1, 0.15) is 19.4 Å². The Morgan fingerprint density at radius 3 is 2.29 bits per heavy atom. The zero-order valence-corrected chi connectivity index (χ0v) is 28.4. The van der Waals surface area contributed by atoms with Crippen LogP contribution in [0.1, 0.15) is 52.9 Å². The smallest absolute Gasteiger partial charge is 0.332 e. The van der Waals surface area contributed by atoms with E-state index in [1.54, 1.807) is 13.8 Å². The Morgan fingerprint density at radius 1 is 0.961 bits per heavy atom. The van der Waals surface area contributed by atoms with Crippen molar-refractivity contribution in [2.45, 2.75) is 76.4 Å². The molecule has 1 N–H and O–H groups in total. The fourth-order valence-corrected chi connectivity index (χ4v) is 8.82. The van der Waals surface area contributed by atoms with E-state index in [-0.39, 0.29) is 44.8 Å². The molecular formula is C32H42F2N2O15. The van der Waals surface area contributed by atoms with E-state index in [4.69, 9.17) is 18.9 Å². The summed E-state index contributed by atoms with van der Waals surface area (Å²) in [6.07, 6.45) is -1.47. The number of halogens is 2. The number of alkyl halides is 2. The number of ketones is 2. The molecule has 0 aromatic rings. The molecule has 0 saturated heterocycles. The Labute approximate surface area is 290 Å². The molecule has 2 unspecified atom stereocenters. The minimum Gasteiger partial charge on any atom is -0.456 e. The highest BCUT2D eigenvalue weighted by Crippen LogP contribution is 2.71. The fraction of sp³-hybridized carbons (Fsp3) is 0.750. The van der Waals surface area contributed by atoms with Gasteiger partial charge >= 0.3 is 11.9 Å². The molecule has 0 bridgehead atoms. The zero-order chi connectivity index (χ0) is 37.8. The highest BCUT2D eigenvalue weighted by atomic mass is 19.1. The van der Waals surface area contributed by atoms with Crippen LogP contribution in [0.2, 0.25) is 0 Å². The van der Waals surface area contributed by atoms with Crippen LogP contribution < -0.4 is 0 Å². The molecule has 0 aromatic carbocycles. The second kappa shape index (κ2) is 15.6. The molecule has 51 heavy (non-hydrogen) atoms. The third-order valence-electron chi connectivity index (χ3n) is 11.0. The molecule has 0 amide bonds. The fourth-order valence-electron chi connectivity index (χ4n) is 8.82. The molecule has 0 spiro atoms. The molecule has 284 valence electrons. The first-order valence-corrected chi connectivity index (χ1v) is 16.5. The lowest BCUT2D eigenvalue weighted by molar-refractivity contribution is -0.758. The molecule has 4 aliphatic carbocycles. The van der Waals surface area contributed by atoms with Crippen molar-refractivity contribution >= 4 is 23.5 Å². The third kappa shape index (κ3) is 7.46. The maximum atomic E-state index is 17.7. The number of aliphatic hydroxyl groups excluding tert-OH is 1. The van der Waals surface area contributed by atoms with E-state index < -0.39 is 125 Å². The SMILES string of the molecule is C[C@@H]1CC2C3C[C@H](F)C4=CC(=O)C=C[C@]4(C)[C@@]3(F)[C@@H](O)C[C@]2(C)[C@@]1(OC(=O)CCCO[N+](=O)[O-])C(=O)COC(=O)COCCOCCO[N+](=O)[O-]. The average Bonchev–Trinajstić information content (AvgIpc) is 3.27. The normalized spacial score (nSPS) is 35.1. The van der Waals surface area contributed by atoms with Crippen molar-refractivity contribution in [2.75, 3.05) is 46.2 Å². The van der Waals surface area contributed by atoms with Gasteiger partial charge < -0.3 is 33.7 Å². The maximum Gasteiger partial charge on any atom is 0.332 e. The highest BCUT2D eigenvalue weighted by Gasteiger charge is 2.78. The van der Waals surface area contributed by atoms with Gasteiger partial charge in [-0.25, -0.2) is 13.6 Å². The largest absolute Gasteiger partial charge is 0.456 e. The van der Waals surface area contributed by atoms with Crippen LogP contribution in [-0.2, 0) is 47.8 Å². The number of carbonyl (C=O) groups is 4. The van der Waals surface area contributed by atoms with Crippen LogP contribution in [0.5, 0.6) is 0 Å². The number of ether oxygens (including phenoxy) is 4. The van der Waals surface area contributed by atoms with Crippen LogP contribution >= 0.6 is 0 Å². The van der Waals surface area contributed by atoms with Crippen LogP contribution in [0.3, 0.4) is 0 Å². The molecule has 4 rings (SSSR count). The van der Waals surface area contributed by atoms with Crippen molar-refractivity contribution in [3.05, 3.63) is 44.0 Å². The lowest BCUT2D eigenvalue weighted by Crippen LogP contribution is -2.71. The summed E-state index contributed by atoms with van der Waals surface area (Å²) in [5, 5.41) is 30.4. The van der Waals surface area contributed by atoms with Gasteiger partial charge in [0, 0.05) is 29.1 Å². The molecule has 19 heteroatoms. The first-order valence-electron chi connectivity index (χ1n) is 16.5. The van der Waals surface area contributed by atoms with Crippen LogP contribution in [0.4, 0.5) is 8.78 Å². The summed E-state index contributed by atoms with van der Waals surface area (Å²) in [7, 11) is 0. The molecule has 9 atom stereocenters. The predicted molar refractivity (Wildman–Crippen MR) is 165 cm³/mol. The predicted octanol–water partition coefficient (Wildman–Crippen LogP) is 2.18. The van der Waals surface area contributed by atoms with Gasteiger partial charge in [0.25, 0.3) is 10.2 Å². The van der Waals surface area contributed by atoms with Gasteiger partial charge in [-0.2, -0.15) is 0 Å². The Bertz CT molecular complexity index is 1460. The van der Waals surface area contributed by atoms with E-state index in [1.807, 2.05) is 0 Å². The van der Waals surface area contributed by atoms with Crippen molar-refractivity contribution in [1.29, 1.82) is 0 Å². The van der Waals surface area contributed by atoms with E-state index in [1.165, 1.54) is 13.0 Å². The number of carbonyl (C=O) groups excluding carboxylic acids is 4. The lowest BCUT2D eigenvalue weighted by atomic mass is 9.44. The average molecular weight is 733 g/mol. The Hall–Kier alpha value is -4.10. The van der Waals surface area contributed by atoms with Crippen molar-refractivity contribution in [2.24, 2.45) is 28.6 Å². The van der Waals surface area contributed by atoms with Crippen LogP contribution in [-0.4, -0.2) is 109 Å². The molecule has 3 fully saturated rings. The summed E-state index contributed by atoms with van der Waals surface area (Å²) in [5.74, 6) is -6.21. The van der Waals surface area contributed by atoms with Crippen LogP contribution in [0.25, 0.3) is 0 Å². The number of allylic oxidation sites excluding steroid dienone is 4. The van der Waals surface area contributed by atoms with E-state index >= 15 is 8.78 Å². The number of rotatable bonds is 18. The number of aliphatic hydroxyl groups is 1. The number of nitrogens with zero attached hydrogens (tertiary/aromatic N) is 2. The molecule has 3 saturated carbocycles. The summed E-state index contributed by atoms with van der Waals surface area (Å²) in [6, 6.07) is 0. The van der Waals surface area contributed by atoms with Crippen LogP contribution in [0.15, 0.2) is 23.8 Å². The topological polar surface area (TPSA) is 230 Å². The van der Waals surface area contributed by atoms with E-state index in [9.17, 15) is 44.5 Å². The number of hydrogen-bond donors (Lipinski definition) is 1. The van der Waals surface area contributed by atoms with Gasteiger partial charge in [-0.3, -0.25) is 14.4 Å². The van der Waals surface area contributed by atoms with Crippen molar-refractivity contribution < 1.29 is 71.9 Å². The lowest BCUT2D eigenvalue weighted by Gasteiger charge is -2.63. The molecule has 0 radical (unpaired) electrons. The summed E-state index contributed by atoms with van der Waals surface area (Å²) < 4.78 is 54.9. The van der Waals surface area contributed by atoms with Gasteiger partial charge in [0.05, 0.1) is 32.5 Å². The van der Waals surface area contributed by atoms with E-state index in [0.29, 0.717) is 0 Å². The standard InChI is InChI=1S/C32H42F2N2O15/c1-19-13-21-22-15-24(33)23-14-20(37)6-7-29(23,2)31(22,34)25(38)16-30(21,3)32(19,51-27(40)5-4-8-49-35(42)43)26(39)17-48-28(41)18-47-10-9-46-11-12-50-36(44)45/h6-7,14,19,21-22,24-25,38H,4-5,8-13,15-18H2,1-3H3/t19-,21?,22?,24+,25+,29+,30+,31+,32+/m1/s1. The summed E-state index contributed by atoms with van der Waals surface area (Å²) in [6.45, 7) is 2.02. The van der Waals surface area contributed by atoms with Crippen LogP contribution in [0, 0.1) is 48.8 Å². The molecule has 17 nitrogen and oxygen atoms in total. The Balaban J connectivity index is 1.55. The summed E-state index contributed by atoms with van der Waals surface area (Å²) >= 11 is 0. The first kappa shape index (κ1) is 39.7. The number of hydrogen-bond acceptors (Lipinski definition) is 15. The Morgan fingerprint density at radius 2 is 1.61 bits per heavy atom. The monoisotopic (exact) mass is 732 g/mol. The van der Waals surface area contributed by atoms with Gasteiger partial charge in [-0.05, 0) is 56.3 Å². The molecule has 0 heterocycles. The highest BCUT2D eigenvalue weighted by molar-refractivity contribution is 6.01. The second-order valence-corrected chi connectivity index (χ2v) is 13.7. The minimum absolute atomic E-state index is 0.0436. The maximum absolute atomic E-state index is 17.7. The second-order valence-electron chi connectivity index (χ2n) is 13.7. The molecular weight excluding hydrogens is 690 g/mol.